The van der Waals surface area contributed by atoms with Crippen LogP contribution in [0.15, 0.2) is 39.3 Å². The van der Waals surface area contributed by atoms with Gasteiger partial charge in [0.1, 0.15) is 0 Å². The molecule has 0 atom stereocenters. The predicted octanol–water partition coefficient (Wildman–Crippen LogP) is 2.55. The van der Waals surface area contributed by atoms with Crippen molar-refractivity contribution in [1.29, 1.82) is 0 Å². The number of thiophene rings is 1. The number of nitrogens with one attached hydrogen (secondary N) is 2. The van der Waals surface area contributed by atoms with Gasteiger partial charge in [-0.3, -0.25) is 14.7 Å². The molecule has 2 aromatic rings. The van der Waals surface area contributed by atoms with E-state index in [4.69, 9.17) is 9.41 Å². The van der Waals surface area contributed by atoms with Crippen LogP contribution in [0.25, 0.3) is 0 Å². The highest BCUT2D eigenvalue weighted by molar-refractivity contribution is 7.09. The first-order chi connectivity index (χ1) is 14.2. The zero-order valence-corrected chi connectivity index (χ0v) is 18.1. The van der Waals surface area contributed by atoms with Crippen molar-refractivity contribution in [2.75, 3.05) is 45.8 Å². The first-order valence-corrected chi connectivity index (χ1v) is 11.2. The molecule has 8 heteroatoms. The third kappa shape index (κ3) is 6.33. The fourth-order valence-electron chi connectivity index (χ4n) is 3.32. The number of amides is 1. The minimum absolute atomic E-state index is 0.162. The molecule has 0 spiro atoms. The molecule has 1 saturated heterocycles. The van der Waals surface area contributed by atoms with Crippen LogP contribution in [0, 0.1) is 6.92 Å². The van der Waals surface area contributed by atoms with Gasteiger partial charge in [-0.05, 0) is 37.8 Å². The SMILES string of the molecule is CCNC(=NCCCNC(=O)c1occc1C)N1CCN(Cc2cccs2)CC1. The molecule has 0 unspecified atom stereocenters. The molecule has 3 rings (SSSR count). The molecule has 0 bridgehead atoms. The maximum Gasteiger partial charge on any atom is 0.287 e. The molecule has 3 heterocycles. The number of furan rings is 1. The number of carbonyl (C=O) groups excluding carboxylic acids is 1. The summed E-state index contributed by atoms with van der Waals surface area (Å²) in [6.07, 6.45) is 2.33. The topological polar surface area (TPSA) is 73.1 Å². The molecule has 29 heavy (non-hydrogen) atoms. The summed E-state index contributed by atoms with van der Waals surface area (Å²) in [6.45, 7) is 11.1. The van der Waals surface area contributed by atoms with Crippen molar-refractivity contribution in [2.24, 2.45) is 4.99 Å². The maximum atomic E-state index is 12.1. The second-order valence-electron chi connectivity index (χ2n) is 7.12. The van der Waals surface area contributed by atoms with Crippen LogP contribution in [0.3, 0.4) is 0 Å². The highest BCUT2D eigenvalue weighted by Crippen LogP contribution is 2.13. The molecular formula is C21H31N5O2S. The predicted molar refractivity (Wildman–Crippen MR) is 118 cm³/mol. The van der Waals surface area contributed by atoms with Crippen LogP contribution in [0.2, 0.25) is 0 Å². The van der Waals surface area contributed by atoms with Crippen LogP contribution in [0.1, 0.15) is 34.3 Å². The lowest BCUT2D eigenvalue weighted by molar-refractivity contribution is 0.0925. The third-order valence-corrected chi connectivity index (χ3v) is 5.78. The lowest BCUT2D eigenvalue weighted by atomic mass is 10.2. The number of hydrogen-bond acceptors (Lipinski definition) is 5. The van der Waals surface area contributed by atoms with Crippen LogP contribution in [0.4, 0.5) is 0 Å². The van der Waals surface area contributed by atoms with Gasteiger partial charge in [-0.1, -0.05) is 6.07 Å². The number of carbonyl (C=O) groups is 1. The summed E-state index contributed by atoms with van der Waals surface area (Å²) in [5.74, 6) is 1.20. The van der Waals surface area contributed by atoms with Crippen molar-refractivity contribution in [3.8, 4) is 0 Å². The summed E-state index contributed by atoms with van der Waals surface area (Å²) in [7, 11) is 0. The average molecular weight is 418 g/mol. The maximum absolute atomic E-state index is 12.1. The van der Waals surface area contributed by atoms with E-state index in [9.17, 15) is 4.79 Å². The van der Waals surface area contributed by atoms with Crippen LogP contribution in [-0.2, 0) is 6.54 Å². The van der Waals surface area contributed by atoms with Gasteiger partial charge in [-0.25, -0.2) is 0 Å². The molecule has 158 valence electrons. The van der Waals surface area contributed by atoms with E-state index in [2.05, 4.69) is 44.9 Å². The van der Waals surface area contributed by atoms with E-state index in [1.54, 1.807) is 6.07 Å². The molecule has 0 aromatic carbocycles. The van der Waals surface area contributed by atoms with Gasteiger partial charge in [0.25, 0.3) is 5.91 Å². The normalized spacial score (nSPS) is 15.5. The van der Waals surface area contributed by atoms with Gasteiger partial charge in [-0.2, -0.15) is 0 Å². The van der Waals surface area contributed by atoms with Gasteiger partial charge in [-0.15, -0.1) is 11.3 Å². The molecule has 1 fully saturated rings. The van der Waals surface area contributed by atoms with Crippen LogP contribution >= 0.6 is 11.3 Å². The standard InChI is InChI=1S/C21H31N5O2S/c1-3-22-21(24-9-5-8-23-20(27)19-17(2)7-14-28-19)26-12-10-25(11-13-26)16-18-6-4-15-29-18/h4,6-7,14-15H,3,5,8-13,16H2,1-2H3,(H,22,24)(H,23,27). The van der Waals surface area contributed by atoms with Crippen LogP contribution in [0.5, 0.6) is 0 Å². The molecule has 7 nitrogen and oxygen atoms in total. The highest BCUT2D eigenvalue weighted by atomic mass is 32.1. The highest BCUT2D eigenvalue weighted by Gasteiger charge is 2.19. The molecule has 1 amide bonds. The smallest absolute Gasteiger partial charge is 0.287 e. The summed E-state index contributed by atoms with van der Waals surface area (Å²) in [4.78, 5) is 23.1. The molecule has 0 radical (unpaired) electrons. The van der Waals surface area contributed by atoms with E-state index < -0.39 is 0 Å². The Balaban J connectivity index is 1.40. The molecule has 2 aromatic heterocycles. The number of piperazine rings is 1. The summed E-state index contributed by atoms with van der Waals surface area (Å²) in [5.41, 5.74) is 0.855. The monoisotopic (exact) mass is 417 g/mol. The van der Waals surface area contributed by atoms with Gasteiger partial charge < -0.3 is 20.0 Å². The second-order valence-corrected chi connectivity index (χ2v) is 8.15. The van der Waals surface area contributed by atoms with Crippen molar-refractivity contribution < 1.29 is 9.21 Å². The number of aryl methyl sites for hydroxylation is 1. The van der Waals surface area contributed by atoms with E-state index in [0.29, 0.717) is 18.8 Å². The first-order valence-electron chi connectivity index (χ1n) is 10.3. The summed E-state index contributed by atoms with van der Waals surface area (Å²) in [6, 6.07) is 6.11. The van der Waals surface area contributed by atoms with E-state index in [0.717, 1.165) is 57.2 Å². The Kier molecular flexibility index (Phi) is 8.13. The number of rotatable bonds is 8. The van der Waals surface area contributed by atoms with E-state index >= 15 is 0 Å². The molecule has 0 aliphatic carbocycles. The van der Waals surface area contributed by atoms with E-state index in [-0.39, 0.29) is 5.91 Å². The summed E-state index contributed by atoms with van der Waals surface area (Å²) in [5, 5.41) is 8.43. The van der Waals surface area contributed by atoms with Crippen molar-refractivity contribution in [1.82, 2.24) is 20.4 Å². The Hall–Kier alpha value is -2.32. The zero-order chi connectivity index (χ0) is 20.5. The zero-order valence-electron chi connectivity index (χ0n) is 17.3. The summed E-state index contributed by atoms with van der Waals surface area (Å²) < 4.78 is 5.21. The fraction of sp³-hybridized carbons (Fsp3) is 0.524. The molecule has 1 aliphatic rings. The second kappa shape index (κ2) is 11.0. The van der Waals surface area contributed by atoms with Crippen LogP contribution < -0.4 is 10.6 Å². The Morgan fingerprint density at radius 2 is 2.07 bits per heavy atom. The molecular weight excluding hydrogens is 386 g/mol. The van der Waals surface area contributed by atoms with Crippen molar-refractivity contribution >= 4 is 23.2 Å². The Bertz CT molecular complexity index is 779. The minimum Gasteiger partial charge on any atom is -0.459 e. The Labute approximate surface area is 176 Å². The van der Waals surface area contributed by atoms with Crippen molar-refractivity contribution in [2.45, 2.75) is 26.8 Å². The average Bonchev–Trinajstić information content (AvgIpc) is 3.39. The van der Waals surface area contributed by atoms with E-state index in [1.807, 2.05) is 18.3 Å². The minimum atomic E-state index is -0.162. The van der Waals surface area contributed by atoms with Gasteiger partial charge in [0.15, 0.2) is 11.7 Å². The van der Waals surface area contributed by atoms with Crippen LogP contribution in [-0.4, -0.2) is 67.5 Å². The van der Waals surface area contributed by atoms with Crippen molar-refractivity contribution in [3.63, 3.8) is 0 Å². The Morgan fingerprint density at radius 3 is 2.72 bits per heavy atom. The summed E-state index contributed by atoms with van der Waals surface area (Å²) >= 11 is 1.82. The van der Waals surface area contributed by atoms with Gasteiger partial charge in [0.05, 0.1) is 6.26 Å². The van der Waals surface area contributed by atoms with Crippen molar-refractivity contribution in [3.05, 3.63) is 46.0 Å². The Morgan fingerprint density at radius 1 is 1.24 bits per heavy atom. The lowest BCUT2D eigenvalue weighted by Crippen LogP contribution is -2.52. The van der Waals surface area contributed by atoms with Gasteiger partial charge >= 0.3 is 0 Å². The molecule has 2 N–H and O–H groups in total. The van der Waals surface area contributed by atoms with Gasteiger partial charge in [0.2, 0.25) is 0 Å². The largest absolute Gasteiger partial charge is 0.459 e. The molecule has 0 saturated carbocycles. The third-order valence-electron chi connectivity index (χ3n) is 4.92. The van der Waals surface area contributed by atoms with E-state index in [1.165, 1.54) is 11.1 Å². The fourth-order valence-corrected chi connectivity index (χ4v) is 4.06. The lowest BCUT2D eigenvalue weighted by Gasteiger charge is -2.36. The number of nitrogens with zero attached hydrogens (tertiary/aromatic N) is 3. The molecule has 1 aliphatic heterocycles. The quantitative estimate of drug-likeness (QED) is 0.392. The number of guanidine groups is 1. The van der Waals surface area contributed by atoms with Gasteiger partial charge in [0, 0.05) is 62.8 Å². The number of aliphatic imine (C=N–C) groups is 1. The number of hydrogen-bond donors (Lipinski definition) is 2. The first kappa shape index (κ1) is 21.4.